The van der Waals surface area contributed by atoms with Crippen LogP contribution in [0.15, 0.2) is 11.8 Å². The average Bonchev–Trinajstić information content (AvgIpc) is 2.70. The predicted octanol–water partition coefficient (Wildman–Crippen LogP) is 1.70. The van der Waals surface area contributed by atoms with Crippen LogP contribution in [0.4, 0.5) is 0 Å². The Morgan fingerprint density at radius 1 is 1.57 bits per heavy atom. The number of hydrogen-bond donors (Lipinski definition) is 1. The fourth-order valence-electron chi connectivity index (χ4n) is 1.62. The Bertz CT molecular complexity index is 180. The minimum atomic E-state index is 0.342. The Balaban J connectivity index is 2.30. The maximum atomic E-state index is 5.54. The second-order valence-electron chi connectivity index (χ2n) is 3.34. The van der Waals surface area contributed by atoms with Gasteiger partial charge in [-0.3, -0.25) is 0 Å². The van der Waals surface area contributed by atoms with Crippen molar-refractivity contribution in [3.05, 3.63) is 11.8 Å². The first-order valence-corrected chi connectivity index (χ1v) is 5.52. The van der Waals surface area contributed by atoms with E-state index in [2.05, 4.69) is 18.3 Å². The van der Waals surface area contributed by atoms with Gasteiger partial charge in [0, 0.05) is 19.6 Å². The first-order valence-electron chi connectivity index (χ1n) is 5.52. The molecule has 1 unspecified atom stereocenters. The Morgan fingerprint density at radius 3 is 3.00 bits per heavy atom. The van der Waals surface area contributed by atoms with Gasteiger partial charge in [-0.1, -0.05) is 6.92 Å². The van der Waals surface area contributed by atoms with Crippen molar-refractivity contribution in [3.8, 4) is 0 Å². The summed E-state index contributed by atoms with van der Waals surface area (Å²) in [6, 6.07) is 0.342. The summed E-state index contributed by atoms with van der Waals surface area (Å²) in [5.74, 6) is 1.10. The molecule has 1 heterocycles. The minimum Gasteiger partial charge on any atom is -0.496 e. The van der Waals surface area contributed by atoms with Crippen molar-refractivity contribution in [2.24, 2.45) is 0 Å². The molecule has 14 heavy (non-hydrogen) atoms. The van der Waals surface area contributed by atoms with E-state index in [9.17, 15) is 0 Å². The summed E-state index contributed by atoms with van der Waals surface area (Å²) in [4.78, 5) is 0. The molecule has 1 aliphatic heterocycles. The van der Waals surface area contributed by atoms with Crippen LogP contribution in [-0.4, -0.2) is 32.4 Å². The van der Waals surface area contributed by atoms with Crippen molar-refractivity contribution in [1.29, 1.82) is 0 Å². The monoisotopic (exact) mass is 199 g/mol. The molecule has 3 nitrogen and oxygen atoms in total. The van der Waals surface area contributed by atoms with Crippen LogP contribution >= 0.6 is 0 Å². The zero-order chi connectivity index (χ0) is 10.2. The quantitative estimate of drug-likeness (QED) is 0.633. The lowest BCUT2D eigenvalue weighted by Crippen LogP contribution is -2.32. The minimum absolute atomic E-state index is 0.342. The molecule has 1 aliphatic rings. The summed E-state index contributed by atoms with van der Waals surface area (Å²) in [5.41, 5.74) is 0. The van der Waals surface area contributed by atoms with Gasteiger partial charge in [0.1, 0.15) is 5.76 Å². The van der Waals surface area contributed by atoms with E-state index in [4.69, 9.17) is 9.47 Å². The zero-order valence-electron chi connectivity index (χ0n) is 9.21. The predicted molar refractivity (Wildman–Crippen MR) is 57.2 cm³/mol. The van der Waals surface area contributed by atoms with Crippen molar-refractivity contribution >= 4 is 0 Å². The molecule has 0 saturated heterocycles. The molecule has 0 aromatic carbocycles. The van der Waals surface area contributed by atoms with Gasteiger partial charge >= 0.3 is 0 Å². The largest absolute Gasteiger partial charge is 0.496 e. The Morgan fingerprint density at radius 2 is 2.43 bits per heavy atom. The van der Waals surface area contributed by atoms with Gasteiger partial charge in [-0.2, -0.15) is 0 Å². The number of rotatable bonds is 7. The third kappa shape index (κ3) is 3.68. The summed E-state index contributed by atoms with van der Waals surface area (Å²) in [5, 5.41) is 3.41. The third-order valence-corrected chi connectivity index (χ3v) is 2.28. The summed E-state index contributed by atoms with van der Waals surface area (Å²) in [7, 11) is 0. The summed E-state index contributed by atoms with van der Waals surface area (Å²) < 4.78 is 10.9. The van der Waals surface area contributed by atoms with Gasteiger partial charge < -0.3 is 14.8 Å². The fourth-order valence-corrected chi connectivity index (χ4v) is 1.62. The lowest BCUT2D eigenvalue weighted by molar-refractivity contribution is 0.129. The second kappa shape index (κ2) is 6.85. The lowest BCUT2D eigenvalue weighted by Gasteiger charge is -2.18. The molecule has 0 saturated carbocycles. The van der Waals surface area contributed by atoms with Gasteiger partial charge in [0.2, 0.25) is 0 Å². The van der Waals surface area contributed by atoms with Gasteiger partial charge in [0.15, 0.2) is 0 Å². The Labute approximate surface area is 86.5 Å². The highest BCUT2D eigenvalue weighted by molar-refractivity contribution is 5.06. The van der Waals surface area contributed by atoms with Gasteiger partial charge in [-0.25, -0.2) is 0 Å². The molecule has 0 aromatic heterocycles. The molecule has 1 atom stereocenters. The highest BCUT2D eigenvalue weighted by Crippen LogP contribution is 2.15. The van der Waals surface area contributed by atoms with Crippen LogP contribution in [0.3, 0.4) is 0 Å². The first-order chi connectivity index (χ1) is 6.88. The zero-order valence-corrected chi connectivity index (χ0v) is 9.21. The van der Waals surface area contributed by atoms with Crippen LogP contribution in [0.5, 0.6) is 0 Å². The van der Waals surface area contributed by atoms with Crippen molar-refractivity contribution in [2.75, 3.05) is 26.4 Å². The molecule has 1 N–H and O–H groups in total. The van der Waals surface area contributed by atoms with E-state index in [1.165, 1.54) is 0 Å². The van der Waals surface area contributed by atoms with Crippen molar-refractivity contribution in [3.63, 3.8) is 0 Å². The molecule has 82 valence electrons. The maximum Gasteiger partial charge on any atom is 0.109 e. The van der Waals surface area contributed by atoms with Crippen LogP contribution in [0.1, 0.15) is 26.7 Å². The summed E-state index contributed by atoms with van der Waals surface area (Å²) in [6.07, 6.45) is 4.22. The van der Waals surface area contributed by atoms with Crippen LogP contribution < -0.4 is 5.32 Å². The van der Waals surface area contributed by atoms with Gasteiger partial charge in [-0.05, 0) is 26.0 Å². The van der Waals surface area contributed by atoms with Crippen molar-refractivity contribution in [2.45, 2.75) is 32.7 Å². The van der Waals surface area contributed by atoms with Crippen molar-refractivity contribution < 1.29 is 9.47 Å². The van der Waals surface area contributed by atoms with E-state index in [0.29, 0.717) is 6.04 Å². The van der Waals surface area contributed by atoms with E-state index in [1.807, 2.05) is 6.92 Å². The molecular formula is C11H21NO2. The molecule has 0 fully saturated rings. The number of ether oxygens (including phenoxy) is 2. The van der Waals surface area contributed by atoms with E-state index in [-0.39, 0.29) is 0 Å². The van der Waals surface area contributed by atoms with E-state index >= 15 is 0 Å². The van der Waals surface area contributed by atoms with Gasteiger partial charge in [-0.15, -0.1) is 0 Å². The number of likely N-dealkylation sites (N-methyl/N-ethyl adjacent to an activating group) is 1. The van der Waals surface area contributed by atoms with E-state index in [0.717, 1.165) is 45.0 Å². The fraction of sp³-hybridized carbons (Fsp3) is 0.818. The third-order valence-electron chi connectivity index (χ3n) is 2.28. The lowest BCUT2D eigenvalue weighted by atomic mass is 10.1. The molecule has 3 heteroatoms. The van der Waals surface area contributed by atoms with Crippen LogP contribution in [-0.2, 0) is 9.47 Å². The summed E-state index contributed by atoms with van der Waals surface area (Å²) in [6.45, 7) is 7.54. The molecule has 0 aliphatic carbocycles. The molecule has 0 radical (unpaired) electrons. The molecule has 0 amide bonds. The second-order valence-corrected chi connectivity index (χ2v) is 3.34. The number of nitrogens with one attached hydrogen (secondary N) is 1. The van der Waals surface area contributed by atoms with Crippen molar-refractivity contribution in [1.82, 2.24) is 5.32 Å². The normalized spacial score (nSPS) is 17.7. The maximum absolute atomic E-state index is 5.54. The van der Waals surface area contributed by atoms with E-state index < -0.39 is 0 Å². The average molecular weight is 199 g/mol. The molecule has 0 aromatic rings. The Hall–Kier alpha value is -0.540. The molecule has 0 spiro atoms. The highest BCUT2D eigenvalue weighted by Gasteiger charge is 2.17. The standard InChI is InChI=1S/C11H21NO2/c1-3-12-10(7-9-13-4-2)11-6-5-8-14-11/h6,10,12H,3-5,7-9H2,1-2H3. The van der Waals surface area contributed by atoms with Crippen LogP contribution in [0.2, 0.25) is 0 Å². The van der Waals surface area contributed by atoms with Crippen LogP contribution in [0.25, 0.3) is 0 Å². The smallest absolute Gasteiger partial charge is 0.109 e. The molecule has 1 rings (SSSR count). The molecular weight excluding hydrogens is 178 g/mol. The van der Waals surface area contributed by atoms with E-state index in [1.54, 1.807) is 0 Å². The van der Waals surface area contributed by atoms with Gasteiger partial charge in [0.25, 0.3) is 0 Å². The first kappa shape index (κ1) is 11.5. The van der Waals surface area contributed by atoms with Gasteiger partial charge in [0.05, 0.1) is 12.6 Å². The van der Waals surface area contributed by atoms with Crippen LogP contribution in [0, 0.1) is 0 Å². The highest BCUT2D eigenvalue weighted by atomic mass is 16.5. The Kier molecular flexibility index (Phi) is 5.64. The summed E-state index contributed by atoms with van der Waals surface area (Å²) >= 11 is 0. The topological polar surface area (TPSA) is 30.5 Å². The SMILES string of the molecule is CCNC(CCOCC)C1=CCCO1. The number of hydrogen-bond acceptors (Lipinski definition) is 3. The molecule has 0 bridgehead atoms.